The maximum atomic E-state index is 6.17. The van der Waals surface area contributed by atoms with Crippen molar-refractivity contribution in [2.45, 2.75) is 65.6 Å². The minimum atomic E-state index is 0. The fraction of sp³-hybridized carbons (Fsp3) is 0.720. The van der Waals surface area contributed by atoms with Crippen LogP contribution < -0.4 is 10.6 Å². The highest BCUT2D eigenvalue weighted by Crippen LogP contribution is 2.34. The van der Waals surface area contributed by atoms with E-state index in [1.807, 2.05) is 7.05 Å². The summed E-state index contributed by atoms with van der Waals surface area (Å²) >= 11 is 0. The SMILES string of the molecule is CN=C(NCC1CCCOC1c1ccc(C)cc1)NCC1CCCOC1C(C)(C)C.I. The summed E-state index contributed by atoms with van der Waals surface area (Å²) in [6.45, 7) is 12.4. The molecule has 0 aliphatic carbocycles. The molecule has 2 aliphatic rings. The maximum Gasteiger partial charge on any atom is 0.191 e. The average Bonchev–Trinajstić information content (AvgIpc) is 2.74. The van der Waals surface area contributed by atoms with E-state index in [4.69, 9.17) is 9.47 Å². The van der Waals surface area contributed by atoms with Crippen LogP contribution in [0.5, 0.6) is 0 Å². The van der Waals surface area contributed by atoms with E-state index in [2.05, 4.69) is 67.6 Å². The standard InChI is InChI=1S/C25H41N3O2.HI/c1-18-10-12-19(13-11-18)22-20(8-6-14-29-22)16-27-24(26-5)28-17-21-9-7-15-30-23(21)25(2,3)4;/h10-13,20-23H,6-9,14-17H2,1-5H3,(H2,26,27,28);1H. The number of hydrogen-bond donors (Lipinski definition) is 2. The third kappa shape index (κ3) is 7.60. The summed E-state index contributed by atoms with van der Waals surface area (Å²) in [4.78, 5) is 4.47. The molecular weight excluding hydrogens is 501 g/mol. The number of nitrogens with one attached hydrogen (secondary N) is 2. The Labute approximate surface area is 206 Å². The summed E-state index contributed by atoms with van der Waals surface area (Å²) in [6, 6.07) is 8.77. The predicted octanol–water partition coefficient (Wildman–Crippen LogP) is 5.09. The molecule has 0 bridgehead atoms. The van der Waals surface area contributed by atoms with Gasteiger partial charge in [-0.2, -0.15) is 0 Å². The van der Waals surface area contributed by atoms with Crippen molar-refractivity contribution in [1.29, 1.82) is 0 Å². The number of aryl methyl sites for hydroxylation is 1. The fourth-order valence-electron chi connectivity index (χ4n) is 4.86. The first-order valence-electron chi connectivity index (χ1n) is 11.6. The molecule has 0 amide bonds. The highest BCUT2D eigenvalue weighted by atomic mass is 127. The van der Waals surface area contributed by atoms with Gasteiger partial charge in [0.15, 0.2) is 5.96 Å². The summed E-state index contributed by atoms with van der Waals surface area (Å²) in [5, 5.41) is 7.12. The Morgan fingerprint density at radius 2 is 1.55 bits per heavy atom. The summed E-state index contributed by atoms with van der Waals surface area (Å²) in [6.07, 6.45) is 5.08. The van der Waals surface area contributed by atoms with Crippen molar-refractivity contribution in [3.05, 3.63) is 35.4 Å². The normalized spacial score (nSPS) is 27.3. The lowest BCUT2D eigenvalue weighted by Gasteiger charge is -2.40. The molecule has 2 fully saturated rings. The van der Waals surface area contributed by atoms with Crippen LogP contribution in [0.4, 0.5) is 0 Å². The van der Waals surface area contributed by atoms with Gasteiger partial charge in [0.2, 0.25) is 0 Å². The van der Waals surface area contributed by atoms with Gasteiger partial charge in [-0.3, -0.25) is 4.99 Å². The average molecular weight is 544 g/mol. The first kappa shape index (κ1) is 26.4. The van der Waals surface area contributed by atoms with Crippen LogP contribution in [0.2, 0.25) is 0 Å². The van der Waals surface area contributed by atoms with Crippen LogP contribution in [-0.4, -0.2) is 45.4 Å². The van der Waals surface area contributed by atoms with Gasteiger partial charge >= 0.3 is 0 Å². The number of aliphatic imine (C=N–C) groups is 1. The molecule has 2 heterocycles. The summed E-state index contributed by atoms with van der Waals surface area (Å²) < 4.78 is 12.3. The lowest BCUT2D eigenvalue weighted by atomic mass is 9.78. The Kier molecular flexibility index (Phi) is 10.6. The third-order valence-electron chi connectivity index (χ3n) is 6.44. The van der Waals surface area contributed by atoms with Crippen molar-refractivity contribution >= 4 is 29.9 Å². The van der Waals surface area contributed by atoms with E-state index < -0.39 is 0 Å². The fourth-order valence-corrected chi connectivity index (χ4v) is 4.86. The molecule has 2 aliphatic heterocycles. The van der Waals surface area contributed by atoms with Crippen molar-refractivity contribution < 1.29 is 9.47 Å². The molecule has 3 rings (SSSR count). The minimum Gasteiger partial charge on any atom is -0.377 e. The number of nitrogens with zero attached hydrogens (tertiary/aromatic N) is 1. The Morgan fingerprint density at radius 1 is 0.968 bits per heavy atom. The van der Waals surface area contributed by atoms with Gasteiger partial charge < -0.3 is 20.1 Å². The number of hydrogen-bond acceptors (Lipinski definition) is 3. The smallest absolute Gasteiger partial charge is 0.191 e. The second kappa shape index (κ2) is 12.4. The molecule has 1 aromatic rings. The zero-order valence-electron chi connectivity index (χ0n) is 19.9. The molecule has 0 spiro atoms. The van der Waals surface area contributed by atoms with Gasteiger partial charge in [-0.05, 0) is 43.6 Å². The van der Waals surface area contributed by atoms with Crippen LogP contribution in [-0.2, 0) is 9.47 Å². The number of halogens is 1. The van der Waals surface area contributed by atoms with Gasteiger partial charge in [0.25, 0.3) is 0 Å². The van der Waals surface area contributed by atoms with Crippen molar-refractivity contribution in [2.75, 3.05) is 33.4 Å². The highest BCUT2D eigenvalue weighted by Gasteiger charge is 2.35. The van der Waals surface area contributed by atoms with Crippen LogP contribution in [0.15, 0.2) is 29.3 Å². The molecule has 2 saturated heterocycles. The second-order valence-corrected chi connectivity index (χ2v) is 10.00. The predicted molar refractivity (Wildman–Crippen MR) is 139 cm³/mol. The topological polar surface area (TPSA) is 54.9 Å². The molecule has 4 atom stereocenters. The van der Waals surface area contributed by atoms with E-state index in [0.717, 1.165) is 45.1 Å². The summed E-state index contributed by atoms with van der Waals surface area (Å²) in [7, 11) is 1.85. The Morgan fingerprint density at radius 3 is 2.16 bits per heavy atom. The van der Waals surface area contributed by atoms with Crippen molar-refractivity contribution in [2.24, 2.45) is 22.2 Å². The van der Waals surface area contributed by atoms with E-state index in [1.54, 1.807) is 0 Å². The van der Waals surface area contributed by atoms with Crippen molar-refractivity contribution in [3.8, 4) is 0 Å². The van der Waals surface area contributed by atoms with Crippen LogP contribution in [0.1, 0.15) is 63.7 Å². The van der Waals surface area contributed by atoms with Gasteiger partial charge in [-0.25, -0.2) is 0 Å². The zero-order chi connectivity index (χ0) is 21.6. The number of rotatable bonds is 5. The van der Waals surface area contributed by atoms with Crippen LogP contribution in [0.3, 0.4) is 0 Å². The lowest BCUT2D eigenvalue weighted by Crippen LogP contribution is -2.48. The molecule has 31 heavy (non-hydrogen) atoms. The van der Waals surface area contributed by atoms with E-state index in [0.29, 0.717) is 11.8 Å². The lowest BCUT2D eigenvalue weighted by molar-refractivity contribution is -0.0835. The van der Waals surface area contributed by atoms with Crippen LogP contribution >= 0.6 is 24.0 Å². The van der Waals surface area contributed by atoms with E-state index in [9.17, 15) is 0 Å². The molecule has 0 saturated carbocycles. The molecule has 2 N–H and O–H groups in total. The highest BCUT2D eigenvalue weighted by molar-refractivity contribution is 14.0. The molecule has 4 unspecified atom stereocenters. The summed E-state index contributed by atoms with van der Waals surface area (Å²) in [5.41, 5.74) is 2.72. The monoisotopic (exact) mass is 543 g/mol. The third-order valence-corrected chi connectivity index (χ3v) is 6.44. The Balaban J connectivity index is 0.00000341. The molecule has 176 valence electrons. The second-order valence-electron chi connectivity index (χ2n) is 10.00. The van der Waals surface area contributed by atoms with Gasteiger partial charge in [-0.1, -0.05) is 50.6 Å². The Bertz CT molecular complexity index is 687. The number of ether oxygens (including phenoxy) is 2. The number of benzene rings is 1. The van der Waals surface area contributed by atoms with E-state index >= 15 is 0 Å². The van der Waals surface area contributed by atoms with Gasteiger partial charge in [0.1, 0.15) is 0 Å². The first-order valence-corrected chi connectivity index (χ1v) is 11.6. The van der Waals surface area contributed by atoms with E-state index in [-0.39, 0.29) is 41.6 Å². The molecule has 0 radical (unpaired) electrons. The Hall–Kier alpha value is -0.860. The molecule has 1 aromatic carbocycles. The zero-order valence-corrected chi connectivity index (χ0v) is 22.3. The number of guanidine groups is 1. The van der Waals surface area contributed by atoms with Crippen molar-refractivity contribution in [1.82, 2.24) is 10.6 Å². The summed E-state index contributed by atoms with van der Waals surface area (Å²) in [5.74, 6) is 1.83. The van der Waals surface area contributed by atoms with Crippen molar-refractivity contribution in [3.63, 3.8) is 0 Å². The minimum absolute atomic E-state index is 0. The van der Waals surface area contributed by atoms with E-state index in [1.165, 1.54) is 24.0 Å². The quantitative estimate of drug-likeness (QED) is 0.309. The molecule has 0 aromatic heterocycles. The van der Waals surface area contributed by atoms with Gasteiger partial charge in [0.05, 0.1) is 12.2 Å². The maximum absolute atomic E-state index is 6.17. The van der Waals surface area contributed by atoms with Crippen LogP contribution in [0, 0.1) is 24.2 Å². The van der Waals surface area contributed by atoms with Crippen LogP contribution in [0.25, 0.3) is 0 Å². The molecular formula is C25H42IN3O2. The first-order chi connectivity index (χ1) is 14.4. The molecule has 6 heteroatoms. The largest absolute Gasteiger partial charge is 0.377 e. The van der Waals surface area contributed by atoms with Gasteiger partial charge in [0, 0.05) is 45.2 Å². The van der Waals surface area contributed by atoms with Gasteiger partial charge in [-0.15, -0.1) is 24.0 Å². The molecule has 5 nitrogen and oxygen atoms in total.